The number of rotatable bonds is 5. The number of fused-ring (bicyclic) bond motifs is 2. The lowest BCUT2D eigenvalue weighted by Crippen LogP contribution is -2.43. The molecule has 1 aliphatic carbocycles. The number of aromatic nitrogens is 1. The number of pyridine rings is 1. The highest BCUT2D eigenvalue weighted by molar-refractivity contribution is 7.10. The van der Waals surface area contributed by atoms with Crippen LogP contribution in [-0.2, 0) is 16.0 Å². The molecule has 5 rings (SSSR count). The summed E-state index contributed by atoms with van der Waals surface area (Å²) in [5.41, 5.74) is 8.80. The van der Waals surface area contributed by atoms with Gasteiger partial charge in [0.15, 0.2) is 6.61 Å². The number of ether oxygens (including phenoxy) is 1. The van der Waals surface area contributed by atoms with Gasteiger partial charge in [0.05, 0.1) is 16.8 Å². The second-order valence-corrected chi connectivity index (χ2v) is 8.94. The maximum Gasteiger partial charge on any atom is 0.339 e. The Hall–Kier alpha value is -4.30. The molecule has 2 heterocycles. The van der Waals surface area contributed by atoms with E-state index in [1.165, 1.54) is 0 Å². The molecule has 0 bridgehead atoms. The first kappa shape index (κ1) is 22.5. The van der Waals surface area contributed by atoms with Crippen LogP contribution < -0.4 is 10.9 Å². The van der Waals surface area contributed by atoms with Crippen molar-refractivity contribution in [3.8, 4) is 0 Å². The fourth-order valence-corrected chi connectivity index (χ4v) is 4.77. The minimum Gasteiger partial charge on any atom is -0.452 e. The van der Waals surface area contributed by atoms with E-state index in [4.69, 9.17) is 9.72 Å². The monoisotopic (exact) mass is 483 g/mol. The molecular weight excluding hydrogens is 462 g/mol. The molecule has 4 aromatic rings. The number of carbonyl (C=O) groups excluding carboxylic acids is 3. The van der Waals surface area contributed by atoms with Gasteiger partial charge < -0.3 is 4.74 Å². The molecule has 0 fully saturated rings. The molecule has 35 heavy (non-hydrogen) atoms. The lowest BCUT2D eigenvalue weighted by Gasteiger charge is -2.12. The van der Waals surface area contributed by atoms with Gasteiger partial charge in [-0.25, -0.2) is 9.78 Å². The molecular formula is C27H21N3O4S. The summed E-state index contributed by atoms with van der Waals surface area (Å²) >= 11 is 1.64. The Labute approximate surface area is 205 Å². The van der Waals surface area contributed by atoms with E-state index < -0.39 is 24.4 Å². The van der Waals surface area contributed by atoms with Gasteiger partial charge in [-0.05, 0) is 59.7 Å². The van der Waals surface area contributed by atoms with Crippen molar-refractivity contribution in [2.75, 3.05) is 6.61 Å². The third kappa shape index (κ3) is 4.83. The van der Waals surface area contributed by atoms with Gasteiger partial charge >= 0.3 is 5.97 Å². The topological polar surface area (TPSA) is 97.4 Å². The Bertz CT molecular complexity index is 1450. The number of amides is 2. The molecule has 0 radical (unpaired) electrons. The molecule has 2 amide bonds. The van der Waals surface area contributed by atoms with Gasteiger partial charge in [0.25, 0.3) is 11.8 Å². The van der Waals surface area contributed by atoms with Crippen LogP contribution in [0.3, 0.4) is 0 Å². The highest BCUT2D eigenvalue weighted by Gasteiger charge is 2.28. The van der Waals surface area contributed by atoms with Crippen molar-refractivity contribution < 1.29 is 19.1 Å². The van der Waals surface area contributed by atoms with Gasteiger partial charge in [-0.2, -0.15) is 0 Å². The molecule has 2 aromatic carbocycles. The van der Waals surface area contributed by atoms with Gasteiger partial charge in [0.2, 0.25) is 0 Å². The Morgan fingerprint density at radius 2 is 1.74 bits per heavy atom. The van der Waals surface area contributed by atoms with Gasteiger partial charge in [-0.1, -0.05) is 42.5 Å². The van der Waals surface area contributed by atoms with Crippen LogP contribution >= 0.6 is 11.3 Å². The van der Waals surface area contributed by atoms with Crippen LogP contribution in [-0.4, -0.2) is 29.4 Å². The normalized spacial score (nSPS) is 13.4. The van der Waals surface area contributed by atoms with Crippen molar-refractivity contribution in [2.24, 2.45) is 0 Å². The zero-order valence-corrected chi connectivity index (χ0v) is 19.4. The third-order valence-corrected chi connectivity index (χ3v) is 6.51. The Morgan fingerprint density at radius 3 is 2.54 bits per heavy atom. The highest BCUT2D eigenvalue weighted by Crippen LogP contribution is 2.38. The minimum absolute atomic E-state index is 0.398. The van der Waals surface area contributed by atoms with Crippen LogP contribution in [0.1, 0.15) is 43.3 Å². The lowest BCUT2D eigenvalue weighted by atomic mass is 10.0. The molecule has 0 unspecified atom stereocenters. The maximum atomic E-state index is 13.2. The predicted molar refractivity (Wildman–Crippen MR) is 135 cm³/mol. The van der Waals surface area contributed by atoms with Crippen molar-refractivity contribution in [1.29, 1.82) is 0 Å². The van der Waals surface area contributed by atoms with E-state index in [0.717, 1.165) is 28.1 Å². The van der Waals surface area contributed by atoms with Crippen LogP contribution in [0.25, 0.3) is 22.6 Å². The summed E-state index contributed by atoms with van der Waals surface area (Å²) < 4.78 is 5.35. The molecule has 0 aliphatic heterocycles. The number of hydrogen-bond acceptors (Lipinski definition) is 6. The quantitative estimate of drug-likeness (QED) is 0.324. The molecule has 7 nitrogen and oxygen atoms in total. The molecule has 2 N–H and O–H groups in total. The highest BCUT2D eigenvalue weighted by atomic mass is 32.1. The predicted octanol–water partition coefficient (Wildman–Crippen LogP) is 4.40. The van der Waals surface area contributed by atoms with Gasteiger partial charge in [0.1, 0.15) is 0 Å². The summed E-state index contributed by atoms with van der Waals surface area (Å²) in [6, 6.07) is 19.9. The van der Waals surface area contributed by atoms with E-state index in [2.05, 4.69) is 16.9 Å². The number of carbonyl (C=O) groups is 3. The smallest absolute Gasteiger partial charge is 0.339 e. The molecule has 0 spiro atoms. The molecule has 174 valence electrons. The summed E-state index contributed by atoms with van der Waals surface area (Å²) in [7, 11) is 0. The number of nitrogens with one attached hydrogen (secondary N) is 2. The van der Waals surface area contributed by atoms with Gasteiger partial charge in [0, 0.05) is 15.8 Å². The lowest BCUT2D eigenvalue weighted by molar-refractivity contribution is -0.125. The molecule has 8 heteroatoms. The third-order valence-electron chi connectivity index (χ3n) is 5.69. The summed E-state index contributed by atoms with van der Waals surface area (Å²) in [5, 5.41) is 2.71. The van der Waals surface area contributed by atoms with Crippen LogP contribution in [0.5, 0.6) is 0 Å². The van der Waals surface area contributed by atoms with E-state index in [0.29, 0.717) is 28.5 Å². The zero-order valence-electron chi connectivity index (χ0n) is 18.6. The van der Waals surface area contributed by atoms with E-state index in [1.807, 2.05) is 41.8 Å². The summed E-state index contributed by atoms with van der Waals surface area (Å²) in [6.45, 7) is -0.531. The fourth-order valence-electron chi connectivity index (χ4n) is 4.08. The second-order valence-electron chi connectivity index (χ2n) is 7.96. The number of thiophene rings is 1. The summed E-state index contributed by atoms with van der Waals surface area (Å²) in [5.74, 6) is -1.70. The fraction of sp³-hybridized carbons (Fsp3) is 0.111. The SMILES string of the molecule is O=C(COC(=O)c1c2c(nc3ccccc13)/C(=C/c1cccs1)CC2)NNC(=O)c1ccccc1. The number of allylic oxidation sites excluding steroid dienone is 1. The van der Waals surface area contributed by atoms with Crippen LogP contribution in [0, 0.1) is 0 Å². The molecule has 0 atom stereocenters. The summed E-state index contributed by atoms with van der Waals surface area (Å²) in [4.78, 5) is 43.4. The zero-order chi connectivity index (χ0) is 24.2. The number of benzene rings is 2. The maximum absolute atomic E-state index is 13.2. The van der Waals surface area contributed by atoms with Gasteiger partial charge in [-0.15, -0.1) is 11.3 Å². The van der Waals surface area contributed by atoms with E-state index in [1.54, 1.807) is 41.7 Å². The number of nitrogens with zero attached hydrogens (tertiary/aromatic N) is 1. The first-order valence-corrected chi connectivity index (χ1v) is 12.0. The Balaban J connectivity index is 1.33. The molecule has 2 aromatic heterocycles. The van der Waals surface area contributed by atoms with Crippen LogP contribution in [0.2, 0.25) is 0 Å². The first-order valence-electron chi connectivity index (χ1n) is 11.1. The molecule has 0 saturated carbocycles. The molecule has 0 saturated heterocycles. The van der Waals surface area contributed by atoms with E-state index in [-0.39, 0.29) is 0 Å². The van der Waals surface area contributed by atoms with E-state index in [9.17, 15) is 14.4 Å². The Kier molecular flexibility index (Phi) is 6.36. The van der Waals surface area contributed by atoms with E-state index >= 15 is 0 Å². The van der Waals surface area contributed by atoms with Crippen LogP contribution in [0.15, 0.2) is 72.1 Å². The Morgan fingerprint density at radius 1 is 0.943 bits per heavy atom. The van der Waals surface area contributed by atoms with Crippen LogP contribution in [0.4, 0.5) is 0 Å². The van der Waals surface area contributed by atoms with Gasteiger partial charge in [-0.3, -0.25) is 20.4 Å². The number of hydrogen-bond donors (Lipinski definition) is 2. The number of para-hydroxylation sites is 1. The van der Waals surface area contributed by atoms with Crippen molar-refractivity contribution in [3.05, 3.63) is 99.4 Å². The average molecular weight is 484 g/mol. The van der Waals surface area contributed by atoms with Crippen molar-refractivity contribution in [1.82, 2.24) is 15.8 Å². The number of hydrazine groups is 1. The number of esters is 1. The van der Waals surface area contributed by atoms with Crippen molar-refractivity contribution in [2.45, 2.75) is 12.8 Å². The minimum atomic E-state index is -0.643. The van der Waals surface area contributed by atoms with Crippen molar-refractivity contribution in [3.63, 3.8) is 0 Å². The average Bonchev–Trinajstić information content (AvgIpc) is 3.55. The second kappa shape index (κ2) is 9.90. The van der Waals surface area contributed by atoms with Crippen molar-refractivity contribution >= 4 is 51.7 Å². The largest absolute Gasteiger partial charge is 0.452 e. The summed E-state index contributed by atoms with van der Waals surface area (Å²) in [6.07, 6.45) is 3.53. The first-order chi connectivity index (χ1) is 17.1. The molecule has 1 aliphatic rings. The standard InChI is InChI=1S/C27H21N3O4S/c31-23(29-30-26(32)17-7-2-1-3-8-17)16-34-27(33)24-20-10-4-5-11-22(20)28-25-18(12-13-21(24)25)15-19-9-6-14-35-19/h1-11,14-15H,12-13,16H2,(H,29,31)(H,30,32)/b18-15+.